The number of benzene rings is 1. The molecule has 20 heavy (non-hydrogen) atoms. The highest BCUT2D eigenvalue weighted by molar-refractivity contribution is 9.10. The molecule has 1 aromatic carbocycles. The maximum Gasteiger partial charge on any atom is 0.257 e. The Morgan fingerprint density at radius 3 is 2.70 bits per heavy atom. The van der Waals surface area contributed by atoms with Crippen LogP contribution in [0.15, 0.2) is 28.7 Å². The normalized spacial score (nSPS) is 21.7. The molecule has 1 aliphatic carbocycles. The van der Waals surface area contributed by atoms with Crippen LogP contribution < -0.4 is 10.1 Å². The number of ether oxygens (including phenoxy) is 1. The summed E-state index contributed by atoms with van der Waals surface area (Å²) in [5.41, 5.74) is 0. The van der Waals surface area contributed by atoms with Gasteiger partial charge in [-0.2, -0.15) is 0 Å². The number of amides is 1. The van der Waals surface area contributed by atoms with Crippen LogP contribution in [-0.2, 0) is 4.79 Å². The molecule has 0 saturated heterocycles. The quantitative estimate of drug-likeness (QED) is 0.834. The molecule has 1 saturated carbocycles. The molecule has 2 N–H and O–H groups in total. The number of nitrogens with one attached hydrogen (secondary N) is 1. The van der Waals surface area contributed by atoms with Gasteiger partial charge < -0.3 is 15.2 Å². The largest absolute Gasteiger partial charge is 0.484 e. The van der Waals surface area contributed by atoms with E-state index in [2.05, 4.69) is 21.2 Å². The van der Waals surface area contributed by atoms with Crippen molar-refractivity contribution in [3.05, 3.63) is 28.7 Å². The highest BCUT2D eigenvalue weighted by Gasteiger charge is 2.26. The van der Waals surface area contributed by atoms with Crippen molar-refractivity contribution in [1.29, 1.82) is 0 Å². The summed E-state index contributed by atoms with van der Waals surface area (Å²) in [6.45, 7) is 0.877. The Bertz CT molecular complexity index is 435. The van der Waals surface area contributed by atoms with Gasteiger partial charge in [0.05, 0.1) is 0 Å². The molecule has 1 amide bonds. The van der Waals surface area contributed by atoms with E-state index in [9.17, 15) is 9.90 Å². The van der Waals surface area contributed by atoms with Crippen molar-refractivity contribution in [2.24, 2.45) is 11.8 Å². The van der Waals surface area contributed by atoms with Gasteiger partial charge in [-0.25, -0.2) is 0 Å². The molecule has 1 fully saturated rings. The van der Waals surface area contributed by atoms with Crippen molar-refractivity contribution in [2.45, 2.75) is 19.3 Å². The van der Waals surface area contributed by atoms with E-state index < -0.39 is 0 Å². The van der Waals surface area contributed by atoms with E-state index in [4.69, 9.17) is 4.74 Å². The number of carbonyl (C=O) groups is 1. The number of aliphatic hydroxyl groups excluding tert-OH is 1. The minimum atomic E-state index is -0.114. The molecule has 1 aromatic rings. The first-order valence-corrected chi connectivity index (χ1v) is 7.74. The van der Waals surface area contributed by atoms with E-state index >= 15 is 0 Å². The van der Waals surface area contributed by atoms with Crippen LogP contribution in [0.2, 0.25) is 0 Å². The van der Waals surface area contributed by atoms with Crippen molar-refractivity contribution in [3.63, 3.8) is 0 Å². The smallest absolute Gasteiger partial charge is 0.257 e. The molecule has 5 heteroatoms. The zero-order valence-corrected chi connectivity index (χ0v) is 12.9. The van der Waals surface area contributed by atoms with E-state index in [0.717, 1.165) is 23.7 Å². The molecule has 2 atom stereocenters. The van der Waals surface area contributed by atoms with E-state index in [0.29, 0.717) is 24.1 Å². The fourth-order valence-corrected chi connectivity index (χ4v) is 2.86. The van der Waals surface area contributed by atoms with Crippen LogP contribution in [0.1, 0.15) is 19.3 Å². The summed E-state index contributed by atoms with van der Waals surface area (Å²) >= 11 is 3.35. The fourth-order valence-electron chi connectivity index (χ4n) is 2.60. The Hall–Kier alpha value is -1.07. The maximum atomic E-state index is 11.7. The van der Waals surface area contributed by atoms with Gasteiger partial charge in [-0.3, -0.25) is 4.79 Å². The standard InChI is InChI=1S/C15H20BrNO3/c16-13-4-6-14(7-5-13)20-10-15(19)17-8-11-2-1-3-12(11)9-18/h4-7,11-12,18H,1-3,8-10H2,(H,17,19). The fraction of sp³-hybridized carbons (Fsp3) is 0.533. The average molecular weight is 342 g/mol. The van der Waals surface area contributed by atoms with Crippen LogP contribution in [0.5, 0.6) is 5.75 Å². The molecular formula is C15H20BrNO3. The molecule has 0 aliphatic heterocycles. The molecule has 0 spiro atoms. The van der Waals surface area contributed by atoms with Gasteiger partial charge in [-0.1, -0.05) is 22.4 Å². The summed E-state index contributed by atoms with van der Waals surface area (Å²) in [7, 11) is 0. The second-order valence-electron chi connectivity index (χ2n) is 5.18. The summed E-state index contributed by atoms with van der Waals surface area (Å²) in [5.74, 6) is 1.30. The van der Waals surface area contributed by atoms with E-state index in [1.165, 1.54) is 0 Å². The molecular weight excluding hydrogens is 322 g/mol. The van der Waals surface area contributed by atoms with E-state index in [1.54, 1.807) is 0 Å². The Morgan fingerprint density at radius 2 is 2.00 bits per heavy atom. The maximum absolute atomic E-state index is 11.7. The van der Waals surface area contributed by atoms with Crippen LogP contribution in [0.3, 0.4) is 0 Å². The molecule has 0 radical (unpaired) electrons. The predicted molar refractivity (Wildman–Crippen MR) is 80.6 cm³/mol. The van der Waals surface area contributed by atoms with Crippen molar-refractivity contribution in [1.82, 2.24) is 5.32 Å². The lowest BCUT2D eigenvalue weighted by Gasteiger charge is -2.17. The summed E-state index contributed by atoms with van der Waals surface area (Å²) < 4.78 is 6.39. The average Bonchev–Trinajstić information content (AvgIpc) is 2.92. The van der Waals surface area contributed by atoms with Gasteiger partial charge in [0.2, 0.25) is 0 Å². The summed E-state index contributed by atoms with van der Waals surface area (Å²) in [5, 5.41) is 12.1. The van der Waals surface area contributed by atoms with Crippen LogP contribution >= 0.6 is 15.9 Å². The topological polar surface area (TPSA) is 58.6 Å². The summed E-state index contributed by atoms with van der Waals surface area (Å²) in [6.07, 6.45) is 3.28. The first-order valence-electron chi connectivity index (χ1n) is 6.95. The highest BCUT2D eigenvalue weighted by atomic mass is 79.9. The van der Waals surface area contributed by atoms with E-state index in [-0.39, 0.29) is 19.1 Å². The van der Waals surface area contributed by atoms with Crippen LogP contribution in [0.25, 0.3) is 0 Å². The third kappa shape index (κ3) is 4.49. The number of carbonyl (C=O) groups excluding carboxylic acids is 1. The van der Waals surface area contributed by atoms with Crippen molar-refractivity contribution in [3.8, 4) is 5.75 Å². The first kappa shape index (κ1) is 15.3. The molecule has 0 aromatic heterocycles. The van der Waals surface area contributed by atoms with Gasteiger partial charge in [0.15, 0.2) is 6.61 Å². The Balaban J connectivity index is 1.69. The van der Waals surface area contributed by atoms with Gasteiger partial charge in [0, 0.05) is 17.6 Å². The molecule has 4 nitrogen and oxygen atoms in total. The third-order valence-corrected chi connectivity index (χ3v) is 4.32. The second kappa shape index (κ2) is 7.64. The van der Waals surface area contributed by atoms with Crippen LogP contribution in [0, 0.1) is 11.8 Å². The molecule has 0 bridgehead atoms. The molecule has 1 aliphatic rings. The second-order valence-corrected chi connectivity index (χ2v) is 6.10. The molecule has 2 unspecified atom stereocenters. The lowest BCUT2D eigenvalue weighted by atomic mass is 9.97. The summed E-state index contributed by atoms with van der Waals surface area (Å²) in [4.78, 5) is 11.7. The van der Waals surface area contributed by atoms with Gasteiger partial charge >= 0.3 is 0 Å². The third-order valence-electron chi connectivity index (χ3n) is 3.80. The van der Waals surface area contributed by atoms with Gasteiger partial charge in [0.1, 0.15) is 5.75 Å². The number of hydrogen-bond acceptors (Lipinski definition) is 3. The number of rotatable bonds is 6. The van der Waals surface area contributed by atoms with E-state index in [1.807, 2.05) is 24.3 Å². The monoisotopic (exact) mass is 341 g/mol. The Kier molecular flexibility index (Phi) is 5.86. The number of hydrogen-bond donors (Lipinski definition) is 2. The van der Waals surface area contributed by atoms with Gasteiger partial charge in [-0.05, 0) is 48.9 Å². The minimum absolute atomic E-state index is 0.0259. The molecule has 2 rings (SSSR count). The molecule has 110 valence electrons. The Labute approximate surface area is 127 Å². The first-order chi connectivity index (χ1) is 9.69. The van der Waals surface area contributed by atoms with Gasteiger partial charge in [0.25, 0.3) is 5.91 Å². The SMILES string of the molecule is O=C(COc1ccc(Br)cc1)NCC1CCCC1CO. The molecule has 0 heterocycles. The number of aliphatic hydroxyl groups is 1. The lowest BCUT2D eigenvalue weighted by molar-refractivity contribution is -0.123. The zero-order valence-electron chi connectivity index (χ0n) is 11.3. The van der Waals surface area contributed by atoms with Gasteiger partial charge in [-0.15, -0.1) is 0 Å². The number of halogens is 1. The van der Waals surface area contributed by atoms with Crippen molar-refractivity contribution >= 4 is 21.8 Å². The minimum Gasteiger partial charge on any atom is -0.484 e. The predicted octanol–water partition coefficient (Wildman–Crippen LogP) is 2.35. The van der Waals surface area contributed by atoms with Crippen LogP contribution in [-0.4, -0.2) is 30.8 Å². The lowest BCUT2D eigenvalue weighted by Crippen LogP contribution is -2.34. The Morgan fingerprint density at radius 1 is 1.30 bits per heavy atom. The highest BCUT2D eigenvalue weighted by Crippen LogP contribution is 2.30. The summed E-state index contributed by atoms with van der Waals surface area (Å²) in [6, 6.07) is 7.38. The zero-order chi connectivity index (χ0) is 14.4. The van der Waals surface area contributed by atoms with Crippen molar-refractivity contribution in [2.75, 3.05) is 19.8 Å². The van der Waals surface area contributed by atoms with Crippen molar-refractivity contribution < 1.29 is 14.6 Å². The van der Waals surface area contributed by atoms with Crippen LogP contribution in [0.4, 0.5) is 0 Å².